The van der Waals surface area contributed by atoms with Crippen LogP contribution < -0.4 is 21.7 Å². The lowest BCUT2D eigenvalue weighted by atomic mass is 9.88. The predicted octanol–water partition coefficient (Wildman–Crippen LogP) is 3.43. The Kier molecular flexibility index (Phi) is 6.36. The van der Waals surface area contributed by atoms with Crippen LogP contribution in [-0.4, -0.2) is 24.0 Å². The van der Waals surface area contributed by atoms with Crippen molar-refractivity contribution < 1.29 is 9.59 Å². The SMILES string of the molecule is CC(C)C(C)(CN)NC(=O)c1ccc(NC(=O)Nc2ccccc2)cc1. The van der Waals surface area contributed by atoms with E-state index in [1.807, 2.05) is 39.0 Å². The molecule has 138 valence electrons. The molecule has 2 rings (SSSR count). The van der Waals surface area contributed by atoms with Crippen LogP contribution in [0.3, 0.4) is 0 Å². The van der Waals surface area contributed by atoms with E-state index in [2.05, 4.69) is 16.0 Å². The number of carbonyl (C=O) groups is 2. The maximum Gasteiger partial charge on any atom is 0.323 e. The van der Waals surface area contributed by atoms with Crippen molar-refractivity contribution in [2.24, 2.45) is 11.7 Å². The Hall–Kier alpha value is -2.86. The molecule has 0 heterocycles. The Morgan fingerprint density at radius 1 is 0.962 bits per heavy atom. The fourth-order valence-corrected chi connectivity index (χ4v) is 2.28. The molecule has 26 heavy (non-hydrogen) atoms. The molecule has 0 spiro atoms. The fourth-order valence-electron chi connectivity index (χ4n) is 2.28. The van der Waals surface area contributed by atoms with Crippen molar-refractivity contribution in [1.29, 1.82) is 0 Å². The largest absolute Gasteiger partial charge is 0.345 e. The average molecular weight is 354 g/mol. The molecule has 6 nitrogen and oxygen atoms in total. The molecular weight excluding hydrogens is 328 g/mol. The van der Waals surface area contributed by atoms with Crippen LogP contribution in [0.15, 0.2) is 54.6 Å². The van der Waals surface area contributed by atoms with Crippen LogP contribution in [0, 0.1) is 5.92 Å². The first-order valence-electron chi connectivity index (χ1n) is 8.60. The molecule has 0 radical (unpaired) electrons. The highest BCUT2D eigenvalue weighted by atomic mass is 16.2. The molecule has 1 atom stereocenters. The summed E-state index contributed by atoms with van der Waals surface area (Å²) in [6.45, 7) is 6.33. The van der Waals surface area contributed by atoms with Crippen molar-refractivity contribution in [3.63, 3.8) is 0 Å². The number of hydrogen-bond donors (Lipinski definition) is 4. The summed E-state index contributed by atoms with van der Waals surface area (Å²) < 4.78 is 0. The zero-order valence-corrected chi connectivity index (χ0v) is 15.4. The van der Waals surface area contributed by atoms with E-state index in [1.165, 1.54) is 0 Å². The third-order valence-corrected chi connectivity index (χ3v) is 4.53. The number of hydrogen-bond acceptors (Lipinski definition) is 3. The highest BCUT2D eigenvalue weighted by molar-refractivity contribution is 6.00. The first-order valence-corrected chi connectivity index (χ1v) is 8.60. The van der Waals surface area contributed by atoms with Crippen molar-refractivity contribution in [1.82, 2.24) is 5.32 Å². The molecule has 0 aliphatic rings. The summed E-state index contributed by atoms with van der Waals surface area (Å²) in [4.78, 5) is 24.4. The molecular formula is C20H26N4O2. The van der Waals surface area contributed by atoms with E-state index >= 15 is 0 Å². The molecule has 5 N–H and O–H groups in total. The molecule has 2 aromatic rings. The Morgan fingerprint density at radius 2 is 1.50 bits per heavy atom. The number of anilines is 2. The first-order chi connectivity index (χ1) is 12.3. The second-order valence-corrected chi connectivity index (χ2v) is 6.75. The number of nitrogens with two attached hydrogens (primary N) is 1. The van der Waals surface area contributed by atoms with Crippen LogP contribution in [0.4, 0.5) is 16.2 Å². The quantitative estimate of drug-likeness (QED) is 0.640. The molecule has 1 unspecified atom stereocenters. The number of para-hydroxylation sites is 1. The second kappa shape index (κ2) is 8.49. The van der Waals surface area contributed by atoms with Crippen LogP contribution >= 0.6 is 0 Å². The van der Waals surface area contributed by atoms with Gasteiger partial charge in [0, 0.05) is 23.5 Å². The highest BCUT2D eigenvalue weighted by Gasteiger charge is 2.28. The monoisotopic (exact) mass is 354 g/mol. The molecule has 6 heteroatoms. The van der Waals surface area contributed by atoms with Crippen molar-refractivity contribution in [2.75, 3.05) is 17.2 Å². The Bertz CT molecular complexity index is 744. The van der Waals surface area contributed by atoms with Gasteiger partial charge in [-0.1, -0.05) is 32.0 Å². The molecule has 2 aromatic carbocycles. The van der Waals surface area contributed by atoms with Gasteiger partial charge in [-0.15, -0.1) is 0 Å². The van der Waals surface area contributed by atoms with Gasteiger partial charge in [0.1, 0.15) is 0 Å². The molecule has 0 fully saturated rings. The van der Waals surface area contributed by atoms with Gasteiger partial charge in [0.2, 0.25) is 0 Å². The van der Waals surface area contributed by atoms with E-state index in [4.69, 9.17) is 5.73 Å². The summed E-state index contributed by atoms with van der Waals surface area (Å²) in [5, 5.41) is 8.46. The minimum absolute atomic E-state index is 0.188. The molecule has 3 amide bonds. The van der Waals surface area contributed by atoms with Gasteiger partial charge >= 0.3 is 6.03 Å². The van der Waals surface area contributed by atoms with Gasteiger partial charge in [-0.25, -0.2) is 4.79 Å². The highest BCUT2D eigenvalue weighted by Crippen LogP contribution is 2.17. The number of urea groups is 1. The molecule has 0 saturated heterocycles. The zero-order valence-electron chi connectivity index (χ0n) is 15.4. The van der Waals surface area contributed by atoms with E-state index in [0.29, 0.717) is 23.5 Å². The van der Waals surface area contributed by atoms with E-state index in [-0.39, 0.29) is 17.9 Å². The predicted molar refractivity (Wildman–Crippen MR) is 105 cm³/mol. The minimum Gasteiger partial charge on any atom is -0.345 e. The van der Waals surface area contributed by atoms with E-state index < -0.39 is 5.54 Å². The third kappa shape index (κ3) is 5.07. The lowest BCUT2D eigenvalue weighted by molar-refractivity contribution is 0.0883. The Labute approximate surface area is 154 Å². The van der Waals surface area contributed by atoms with Gasteiger partial charge in [0.15, 0.2) is 0 Å². The normalized spacial score (nSPS) is 13.0. The van der Waals surface area contributed by atoms with Crippen LogP contribution in [0.5, 0.6) is 0 Å². The number of nitrogens with one attached hydrogen (secondary N) is 3. The van der Waals surface area contributed by atoms with Crippen LogP contribution in [-0.2, 0) is 0 Å². The summed E-state index contributed by atoms with van der Waals surface area (Å²) in [6.07, 6.45) is 0. The van der Waals surface area contributed by atoms with Gasteiger partial charge in [-0.3, -0.25) is 4.79 Å². The summed E-state index contributed by atoms with van der Waals surface area (Å²) in [6, 6.07) is 15.5. The molecule has 0 aromatic heterocycles. The van der Waals surface area contributed by atoms with E-state index in [1.54, 1.807) is 36.4 Å². The number of carbonyl (C=O) groups excluding carboxylic acids is 2. The lowest BCUT2D eigenvalue weighted by Crippen LogP contribution is -2.55. The number of benzene rings is 2. The summed E-state index contributed by atoms with van der Waals surface area (Å²) >= 11 is 0. The summed E-state index contributed by atoms with van der Waals surface area (Å²) in [5.41, 5.74) is 7.15. The molecule has 0 saturated carbocycles. The van der Waals surface area contributed by atoms with E-state index in [9.17, 15) is 9.59 Å². The molecule has 0 bridgehead atoms. The zero-order chi connectivity index (χ0) is 19.2. The first kappa shape index (κ1) is 19.5. The molecule has 0 aliphatic heterocycles. The fraction of sp³-hybridized carbons (Fsp3) is 0.300. The minimum atomic E-state index is -0.469. The van der Waals surface area contributed by atoms with Gasteiger partial charge in [0.25, 0.3) is 5.91 Å². The molecule has 0 aliphatic carbocycles. The third-order valence-electron chi connectivity index (χ3n) is 4.53. The second-order valence-electron chi connectivity index (χ2n) is 6.75. The average Bonchev–Trinajstić information content (AvgIpc) is 2.62. The van der Waals surface area contributed by atoms with Gasteiger partial charge in [-0.05, 0) is 49.2 Å². The Balaban J connectivity index is 1.97. The van der Waals surface area contributed by atoms with Crippen molar-refractivity contribution >= 4 is 23.3 Å². The van der Waals surface area contributed by atoms with Gasteiger partial charge < -0.3 is 21.7 Å². The van der Waals surface area contributed by atoms with Crippen LogP contribution in [0.1, 0.15) is 31.1 Å². The number of amides is 3. The standard InChI is InChI=1S/C20H26N4O2/c1-14(2)20(3,13-21)24-18(25)15-9-11-17(12-10-15)23-19(26)22-16-7-5-4-6-8-16/h4-12,14H,13,21H2,1-3H3,(H,24,25)(H2,22,23,26). The summed E-state index contributed by atoms with van der Waals surface area (Å²) in [5.74, 6) is 0.0195. The van der Waals surface area contributed by atoms with Crippen molar-refractivity contribution in [3.8, 4) is 0 Å². The topological polar surface area (TPSA) is 96.2 Å². The maximum absolute atomic E-state index is 12.4. The van der Waals surface area contributed by atoms with Gasteiger partial charge in [0.05, 0.1) is 5.54 Å². The maximum atomic E-state index is 12.4. The van der Waals surface area contributed by atoms with Crippen LogP contribution in [0.2, 0.25) is 0 Å². The van der Waals surface area contributed by atoms with Crippen molar-refractivity contribution in [3.05, 3.63) is 60.2 Å². The van der Waals surface area contributed by atoms with Crippen molar-refractivity contribution in [2.45, 2.75) is 26.3 Å². The summed E-state index contributed by atoms with van der Waals surface area (Å²) in [7, 11) is 0. The van der Waals surface area contributed by atoms with Gasteiger partial charge in [-0.2, -0.15) is 0 Å². The van der Waals surface area contributed by atoms with E-state index in [0.717, 1.165) is 0 Å². The Morgan fingerprint density at radius 3 is 2.00 bits per heavy atom. The smallest absolute Gasteiger partial charge is 0.323 e. The number of rotatable bonds is 6. The lowest BCUT2D eigenvalue weighted by Gasteiger charge is -2.33. The van der Waals surface area contributed by atoms with Crippen LogP contribution in [0.25, 0.3) is 0 Å².